The minimum atomic E-state index is 0.422. The van der Waals surface area contributed by atoms with Crippen molar-refractivity contribution in [3.63, 3.8) is 0 Å². The average molecular weight is 224 g/mol. The van der Waals surface area contributed by atoms with E-state index in [0.717, 1.165) is 5.92 Å². The summed E-state index contributed by atoms with van der Waals surface area (Å²) in [6, 6.07) is 0.665. The maximum Gasteiger partial charge on any atom is 0.157 e. The van der Waals surface area contributed by atoms with E-state index in [1.165, 1.54) is 49.4 Å². The van der Waals surface area contributed by atoms with E-state index in [4.69, 9.17) is 4.99 Å². The van der Waals surface area contributed by atoms with Crippen LogP contribution in [-0.2, 0) is 0 Å². The second-order valence-electron chi connectivity index (χ2n) is 5.54. The zero-order chi connectivity index (χ0) is 10.3. The lowest BCUT2D eigenvalue weighted by atomic mass is 9.78. The summed E-state index contributed by atoms with van der Waals surface area (Å²) >= 11 is 1.96. The third kappa shape index (κ3) is 2.17. The van der Waals surface area contributed by atoms with Crippen molar-refractivity contribution < 1.29 is 0 Å². The molecule has 3 fully saturated rings. The van der Waals surface area contributed by atoms with Crippen LogP contribution in [0.1, 0.15) is 45.4 Å². The maximum atomic E-state index is 4.72. The summed E-state index contributed by atoms with van der Waals surface area (Å²) in [5.41, 5.74) is 0.422. The molecule has 1 heterocycles. The van der Waals surface area contributed by atoms with Crippen LogP contribution in [0.2, 0.25) is 0 Å². The van der Waals surface area contributed by atoms with Crippen LogP contribution in [0.25, 0.3) is 0 Å². The molecule has 2 nitrogen and oxygen atoms in total. The minimum Gasteiger partial charge on any atom is -0.359 e. The van der Waals surface area contributed by atoms with E-state index in [1.54, 1.807) is 0 Å². The Bertz CT molecular complexity index is 275. The van der Waals surface area contributed by atoms with Crippen LogP contribution < -0.4 is 5.32 Å². The Hall–Kier alpha value is -0.180. The van der Waals surface area contributed by atoms with Crippen LogP contribution in [0, 0.1) is 5.92 Å². The standard InChI is InChI=1S/C12H20N2S/c1-9-4-6-12(7-5-9)8-15-11(14-12)13-10-2-3-10/h9-10H,2-8H2,1H3,(H,13,14). The Kier molecular flexibility index (Phi) is 2.46. The molecule has 0 amide bonds. The van der Waals surface area contributed by atoms with Crippen LogP contribution in [-0.4, -0.2) is 22.5 Å². The highest BCUT2D eigenvalue weighted by atomic mass is 32.2. The smallest absolute Gasteiger partial charge is 0.157 e. The Morgan fingerprint density at radius 2 is 2.00 bits per heavy atom. The SMILES string of the molecule is CC1CCC2(CC1)CSC(=NC1CC1)N2. The van der Waals surface area contributed by atoms with E-state index >= 15 is 0 Å². The van der Waals surface area contributed by atoms with Crippen LogP contribution in [0.4, 0.5) is 0 Å². The van der Waals surface area contributed by atoms with E-state index in [9.17, 15) is 0 Å². The number of hydrogen-bond acceptors (Lipinski definition) is 2. The van der Waals surface area contributed by atoms with E-state index in [-0.39, 0.29) is 0 Å². The lowest BCUT2D eigenvalue weighted by Gasteiger charge is -2.35. The fourth-order valence-corrected chi connectivity index (χ4v) is 3.81. The zero-order valence-corrected chi connectivity index (χ0v) is 10.3. The number of amidine groups is 1. The largest absolute Gasteiger partial charge is 0.359 e. The third-order valence-electron chi connectivity index (χ3n) is 3.94. The molecule has 0 radical (unpaired) electrons. The van der Waals surface area contributed by atoms with Crippen molar-refractivity contribution in [3.8, 4) is 0 Å². The van der Waals surface area contributed by atoms with Crippen LogP contribution >= 0.6 is 11.8 Å². The zero-order valence-electron chi connectivity index (χ0n) is 9.46. The molecule has 84 valence electrons. The fourth-order valence-electron chi connectivity index (χ4n) is 2.53. The highest BCUT2D eigenvalue weighted by Crippen LogP contribution is 2.39. The van der Waals surface area contributed by atoms with Gasteiger partial charge in [-0.15, -0.1) is 0 Å². The molecule has 1 spiro atoms. The molecule has 0 aromatic heterocycles. The molecule has 1 aliphatic heterocycles. The van der Waals surface area contributed by atoms with Gasteiger partial charge in [0.1, 0.15) is 0 Å². The first-order valence-electron chi connectivity index (χ1n) is 6.25. The molecular weight excluding hydrogens is 204 g/mol. The van der Waals surface area contributed by atoms with E-state index < -0.39 is 0 Å². The first-order valence-corrected chi connectivity index (χ1v) is 7.23. The van der Waals surface area contributed by atoms with Gasteiger partial charge in [0.25, 0.3) is 0 Å². The van der Waals surface area contributed by atoms with E-state index in [2.05, 4.69) is 12.2 Å². The van der Waals surface area contributed by atoms with Gasteiger partial charge < -0.3 is 5.32 Å². The Morgan fingerprint density at radius 1 is 1.27 bits per heavy atom. The molecule has 15 heavy (non-hydrogen) atoms. The van der Waals surface area contributed by atoms with Crippen molar-refractivity contribution in [3.05, 3.63) is 0 Å². The molecule has 2 aliphatic carbocycles. The molecule has 1 N–H and O–H groups in total. The summed E-state index contributed by atoms with van der Waals surface area (Å²) in [5, 5.41) is 4.95. The minimum absolute atomic E-state index is 0.422. The summed E-state index contributed by atoms with van der Waals surface area (Å²) in [4.78, 5) is 4.72. The van der Waals surface area contributed by atoms with Crippen molar-refractivity contribution in [2.75, 3.05) is 5.75 Å². The predicted octanol–water partition coefficient (Wildman–Crippen LogP) is 2.79. The van der Waals surface area contributed by atoms with Crippen molar-refractivity contribution in [1.82, 2.24) is 5.32 Å². The lowest BCUT2D eigenvalue weighted by Crippen LogP contribution is -2.46. The third-order valence-corrected chi connectivity index (χ3v) is 5.11. The fraction of sp³-hybridized carbons (Fsp3) is 0.917. The van der Waals surface area contributed by atoms with Crippen LogP contribution in [0.5, 0.6) is 0 Å². The van der Waals surface area contributed by atoms with Gasteiger partial charge in [-0.2, -0.15) is 0 Å². The first-order chi connectivity index (χ1) is 7.26. The second-order valence-corrected chi connectivity index (χ2v) is 6.51. The quantitative estimate of drug-likeness (QED) is 0.740. The summed E-state index contributed by atoms with van der Waals surface area (Å²) in [5.74, 6) is 2.19. The number of hydrogen-bond donors (Lipinski definition) is 1. The number of thioether (sulfide) groups is 1. The van der Waals surface area contributed by atoms with Crippen molar-refractivity contribution in [1.29, 1.82) is 0 Å². The van der Waals surface area contributed by atoms with Gasteiger partial charge in [0, 0.05) is 11.3 Å². The van der Waals surface area contributed by atoms with Gasteiger partial charge >= 0.3 is 0 Å². The van der Waals surface area contributed by atoms with E-state index in [1.807, 2.05) is 11.8 Å². The number of nitrogens with zero attached hydrogens (tertiary/aromatic N) is 1. The summed E-state index contributed by atoms with van der Waals surface area (Å²) in [7, 11) is 0. The summed E-state index contributed by atoms with van der Waals surface area (Å²) in [6.45, 7) is 2.38. The number of aliphatic imine (C=N–C) groups is 1. The Labute approximate surface area is 96.3 Å². The molecule has 0 atom stereocenters. The van der Waals surface area contributed by atoms with Gasteiger partial charge in [0.2, 0.25) is 0 Å². The molecule has 2 saturated carbocycles. The molecule has 3 heteroatoms. The first kappa shape index (κ1) is 10.0. The van der Waals surface area contributed by atoms with Gasteiger partial charge in [-0.1, -0.05) is 18.7 Å². The Morgan fingerprint density at radius 3 is 2.67 bits per heavy atom. The molecular formula is C12H20N2S. The van der Waals surface area contributed by atoms with Gasteiger partial charge in [0.15, 0.2) is 5.17 Å². The monoisotopic (exact) mass is 224 g/mol. The molecule has 0 bridgehead atoms. The molecule has 0 aromatic carbocycles. The topological polar surface area (TPSA) is 24.4 Å². The van der Waals surface area contributed by atoms with Crippen molar-refractivity contribution >= 4 is 16.9 Å². The van der Waals surface area contributed by atoms with E-state index in [0.29, 0.717) is 11.6 Å². The molecule has 1 saturated heterocycles. The molecule has 3 rings (SSSR count). The van der Waals surface area contributed by atoms with Crippen molar-refractivity contribution in [2.24, 2.45) is 10.9 Å². The van der Waals surface area contributed by atoms with Gasteiger partial charge in [-0.3, -0.25) is 4.99 Å². The summed E-state index contributed by atoms with van der Waals surface area (Å²) < 4.78 is 0. The van der Waals surface area contributed by atoms with Gasteiger partial charge in [-0.25, -0.2) is 0 Å². The lowest BCUT2D eigenvalue weighted by molar-refractivity contribution is 0.251. The number of nitrogens with one attached hydrogen (secondary N) is 1. The van der Waals surface area contributed by atoms with Gasteiger partial charge in [-0.05, 0) is 44.4 Å². The average Bonchev–Trinajstić information content (AvgIpc) is 2.95. The molecule has 0 aromatic rings. The number of rotatable bonds is 1. The van der Waals surface area contributed by atoms with Crippen LogP contribution in [0.15, 0.2) is 4.99 Å². The molecule has 3 aliphatic rings. The Balaban J connectivity index is 1.64. The summed E-state index contributed by atoms with van der Waals surface area (Å²) in [6.07, 6.45) is 8.12. The normalized spacial score (nSPS) is 43.5. The van der Waals surface area contributed by atoms with Crippen molar-refractivity contribution in [2.45, 2.75) is 57.0 Å². The highest BCUT2D eigenvalue weighted by molar-refractivity contribution is 8.14. The van der Waals surface area contributed by atoms with Gasteiger partial charge in [0.05, 0.1) is 6.04 Å². The predicted molar refractivity (Wildman–Crippen MR) is 66.4 cm³/mol. The maximum absolute atomic E-state index is 4.72. The molecule has 0 unspecified atom stereocenters. The highest BCUT2D eigenvalue weighted by Gasteiger charge is 2.40. The second kappa shape index (κ2) is 3.69. The van der Waals surface area contributed by atoms with Crippen LogP contribution in [0.3, 0.4) is 0 Å².